The molecule has 2 aliphatic rings. The Morgan fingerprint density at radius 3 is 2.44 bits per heavy atom. The van der Waals surface area contributed by atoms with E-state index < -0.39 is 35.4 Å². The van der Waals surface area contributed by atoms with E-state index in [4.69, 9.17) is 10.5 Å². The molecule has 2 rings (SSSR count). The van der Waals surface area contributed by atoms with Crippen molar-refractivity contribution in [3.8, 4) is 0 Å². The number of halogens is 2. The van der Waals surface area contributed by atoms with Gasteiger partial charge in [-0.1, -0.05) is 13.8 Å². The van der Waals surface area contributed by atoms with E-state index in [1.165, 1.54) is 0 Å². The van der Waals surface area contributed by atoms with E-state index in [1.807, 2.05) is 0 Å². The molecule has 2 aliphatic heterocycles. The second kappa shape index (κ2) is 3.13. The molecule has 16 heavy (non-hydrogen) atoms. The summed E-state index contributed by atoms with van der Waals surface area (Å²) in [4.78, 5) is 0. The van der Waals surface area contributed by atoms with Gasteiger partial charge in [-0.25, -0.2) is 0 Å². The number of ether oxygens (including phenoxy) is 1. The van der Waals surface area contributed by atoms with Crippen molar-refractivity contribution in [2.24, 2.45) is 11.1 Å². The number of alkyl halides is 2. The second-order valence-corrected chi connectivity index (χ2v) is 5.65. The van der Waals surface area contributed by atoms with Gasteiger partial charge in [0, 0.05) is 6.42 Å². The van der Waals surface area contributed by atoms with E-state index in [-0.39, 0.29) is 6.42 Å². The summed E-state index contributed by atoms with van der Waals surface area (Å²) in [5.41, 5.74) is 2.94. The van der Waals surface area contributed by atoms with E-state index in [2.05, 4.69) is 0 Å². The number of nitrogens with two attached hydrogens (primary N) is 1. The van der Waals surface area contributed by atoms with Crippen molar-refractivity contribution in [3.63, 3.8) is 0 Å². The summed E-state index contributed by atoms with van der Waals surface area (Å²) in [6.45, 7) is 3.59. The minimum Gasteiger partial charge on any atom is -0.387 e. The Balaban J connectivity index is 2.40. The number of aliphatic hydroxyl groups excluding tert-OH is 2. The third-order valence-electron chi connectivity index (χ3n) is 3.50. The van der Waals surface area contributed by atoms with Crippen LogP contribution in [0.1, 0.15) is 26.7 Å². The number of fused-ring (bicyclic) bond motifs is 2. The predicted octanol–water partition coefficient (Wildman–Crippen LogP) is 0.217. The molecule has 4 atom stereocenters. The molecule has 0 aromatic heterocycles. The van der Waals surface area contributed by atoms with Gasteiger partial charge >= 0.3 is 5.92 Å². The minimum absolute atomic E-state index is 0.0483. The highest BCUT2D eigenvalue weighted by molar-refractivity contribution is 5.09. The van der Waals surface area contributed by atoms with Gasteiger partial charge in [0.2, 0.25) is 0 Å². The van der Waals surface area contributed by atoms with Crippen molar-refractivity contribution in [1.82, 2.24) is 0 Å². The first kappa shape index (κ1) is 12.2. The van der Waals surface area contributed by atoms with E-state index in [0.717, 1.165) is 0 Å². The predicted molar refractivity (Wildman–Crippen MR) is 51.8 cm³/mol. The summed E-state index contributed by atoms with van der Waals surface area (Å²) in [7, 11) is 0. The summed E-state index contributed by atoms with van der Waals surface area (Å²) >= 11 is 0. The highest BCUT2D eigenvalue weighted by Crippen LogP contribution is 2.51. The monoisotopic (exact) mass is 237 g/mol. The van der Waals surface area contributed by atoms with Gasteiger partial charge in [-0.05, 0) is 11.8 Å². The van der Waals surface area contributed by atoms with Gasteiger partial charge in [-0.3, -0.25) is 5.73 Å². The van der Waals surface area contributed by atoms with Crippen LogP contribution in [-0.2, 0) is 4.74 Å². The largest absolute Gasteiger partial charge is 0.387 e. The first-order valence-electron chi connectivity index (χ1n) is 5.30. The normalized spacial score (nSPS) is 50.1. The Bertz CT molecular complexity index is 310. The van der Waals surface area contributed by atoms with Crippen molar-refractivity contribution in [2.75, 3.05) is 0 Å². The van der Waals surface area contributed by atoms with Crippen LogP contribution < -0.4 is 5.73 Å². The summed E-state index contributed by atoms with van der Waals surface area (Å²) in [5, 5.41) is 18.9. The Labute approximate surface area is 92.4 Å². The maximum absolute atomic E-state index is 13.8. The van der Waals surface area contributed by atoms with E-state index in [1.54, 1.807) is 13.8 Å². The lowest BCUT2D eigenvalue weighted by molar-refractivity contribution is -0.358. The molecule has 0 aromatic rings. The molecule has 94 valence electrons. The van der Waals surface area contributed by atoms with Crippen molar-refractivity contribution < 1.29 is 23.7 Å². The molecule has 4 N–H and O–H groups in total. The molecule has 4 nitrogen and oxygen atoms in total. The smallest absolute Gasteiger partial charge is 0.317 e. The highest BCUT2D eigenvalue weighted by atomic mass is 19.3. The Hall–Kier alpha value is -0.300. The number of hydrogen-bond acceptors (Lipinski definition) is 4. The summed E-state index contributed by atoms with van der Waals surface area (Å²) in [5.74, 6) is -3.64. The second-order valence-electron chi connectivity index (χ2n) is 5.65. The molecular formula is C10H17F2NO3. The average molecular weight is 237 g/mol. The Morgan fingerprint density at radius 2 is 1.88 bits per heavy atom. The summed E-state index contributed by atoms with van der Waals surface area (Å²) in [6, 6.07) is 0. The van der Waals surface area contributed by atoms with Gasteiger partial charge in [0.25, 0.3) is 0 Å². The molecule has 6 heteroatoms. The molecule has 0 amide bonds. The molecule has 0 radical (unpaired) electrons. The molecule has 0 aromatic carbocycles. The van der Waals surface area contributed by atoms with Crippen LogP contribution in [0.4, 0.5) is 8.78 Å². The zero-order valence-corrected chi connectivity index (χ0v) is 9.28. The van der Waals surface area contributed by atoms with E-state index >= 15 is 0 Å². The molecule has 2 fully saturated rings. The van der Waals surface area contributed by atoms with Crippen LogP contribution in [0.3, 0.4) is 0 Å². The molecule has 2 bridgehead atoms. The van der Waals surface area contributed by atoms with Crippen LogP contribution in [0.5, 0.6) is 0 Å². The molecule has 0 spiro atoms. The van der Waals surface area contributed by atoms with Gasteiger partial charge in [-0.15, -0.1) is 0 Å². The first-order valence-corrected chi connectivity index (χ1v) is 5.30. The van der Waals surface area contributed by atoms with Crippen LogP contribution in [0, 0.1) is 5.41 Å². The van der Waals surface area contributed by atoms with Crippen LogP contribution in [-0.4, -0.2) is 40.2 Å². The molecule has 0 saturated carbocycles. The molecule has 0 aliphatic carbocycles. The minimum atomic E-state index is -3.64. The standard InChI is InChI=1S/C10H17F2NO3/c1-8(2)3-5-6(14)7(15)10(11,12)9(13,4-8)16-5/h5-7,14-15H,3-4,13H2,1-2H3/t5-,6+,7-,9+/m1/s1. The van der Waals surface area contributed by atoms with Crippen LogP contribution in [0.2, 0.25) is 0 Å². The maximum Gasteiger partial charge on any atom is 0.317 e. The SMILES string of the molecule is CC1(C)C[C@H]2O[C@@](N)(C1)C(F)(F)[C@H](O)[C@H]2O. The third kappa shape index (κ3) is 1.48. The molecule has 2 saturated heterocycles. The first-order chi connectivity index (χ1) is 7.09. The number of aliphatic hydroxyl groups is 2. The fraction of sp³-hybridized carbons (Fsp3) is 1.00. The lowest BCUT2D eigenvalue weighted by Crippen LogP contribution is -2.75. The van der Waals surface area contributed by atoms with Crippen molar-refractivity contribution >= 4 is 0 Å². The van der Waals surface area contributed by atoms with Gasteiger partial charge in [0.05, 0.1) is 6.10 Å². The number of rotatable bonds is 0. The van der Waals surface area contributed by atoms with Crippen molar-refractivity contribution in [3.05, 3.63) is 0 Å². The fourth-order valence-corrected chi connectivity index (χ4v) is 2.74. The number of hydrogen-bond donors (Lipinski definition) is 3. The topological polar surface area (TPSA) is 75.7 Å². The molecule has 0 unspecified atom stereocenters. The zero-order valence-electron chi connectivity index (χ0n) is 9.28. The van der Waals surface area contributed by atoms with Gasteiger partial charge in [0.1, 0.15) is 6.10 Å². The lowest BCUT2D eigenvalue weighted by Gasteiger charge is -2.55. The molecule has 2 heterocycles. The Morgan fingerprint density at radius 1 is 1.31 bits per heavy atom. The van der Waals surface area contributed by atoms with Gasteiger partial charge in [0.15, 0.2) is 11.8 Å². The van der Waals surface area contributed by atoms with Crippen LogP contribution in [0.15, 0.2) is 0 Å². The average Bonchev–Trinajstić information content (AvgIpc) is 2.10. The quantitative estimate of drug-likeness (QED) is 0.563. The van der Waals surface area contributed by atoms with Gasteiger partial charge < -0.3 is 14.9 Å². The third-order valence-corrected chi connectivity index (χ3v) is 3.50. The molecular weight excluding hydrogens is 220 g/mol. The van der Waals surface area contributed by atoms with E-state index in [9.17, 15) is 19.0 Å². The van der Waals surface area contributed by atoms with E-state index in [0.29, 0.717) is 6.42 Å². The maximum atomic E-state index is 13.8. The fourth-order valence-electron chi connectivity index (χ4n) is 2.74. The van der Waals surface area contributed by atoms with Crippen LogP contribution >= 0.6 is 0 Å². The zero-order chi connectivity index (χ0) is 12.4. The van der Waals surface area contributed by atoms with Gasteiger partial charge in [-0.2, -0.15) is 8.78 Å². The Kier molecular flexibility index (Phi) is 2.38. The van der Waals surface area contributed by atoms with Crippen LogP contribution in [0.25, 0.3) is 0 Å². The van der Waals surface area contributed by atoms with Crippen molar-refractivity contribution in [2.45, 2.75) is 56.6 Å². The lowest BCUT2D eigenvalue weighted by atomic mass is 9.69. The highest BCUT2D eigenvalue weighted by Gasteiger charge is 2.68. The van der Waals surface area contributed by atoms with Crippen molar-refractivity contribution in [1.29, 1.82) is 0 Å². The summed E-state index contributed by atoms with van der Waals surface area (Å²) in [6.07, 6.45) is -4.23. The summed E-state index contributed by atoms with van der Waals surface area (Å²) < 4.78 is 32.6.